The fourth-order valence-electron chi connectivity index (χ4n) is 2.54. The van der Waals surface area contributed by atoms with Gasteiger partial charge in [-0.3, -0.25) is 0 Å². The second-order valence-electron chi connectivity index (χ2n) is 5.50. The fourth-order valence-corrected chi connectivity index (χ4v) is 2.54. The molecule has 0 saturated carbocycles. The lowest BCUT2D eigenvalue weighted by Crippen LogP contribution is -2.34. The van der Waals surface area contributed by atoms with Crippen LogP contribution in [0.2, 0.25) is 0 Å². The minimum Gasteiger partial charge on any atom is -0.320 e. The van der Waals surface area contributed by atoms with E-state index in [2.05, 4.69) is 34.3 Å². The molecule has 1 aromatic rings. The molecule has 18 heavy (non-hydrogen) atoms. The van der Waals surface area contributed by atoms with E-state index in [1.165, 1.54) is 32.4 Å². The maximum atomic E-state index is 4.11. The first-order valence-corrected chi connectivity index (χ1v) is 6.97. The highest BCUT2D eigenvalue weighted by Crippen LogP contribution is 2.13. The molecule has 1 saturated heterocycles. The van der Waals surface area contributed by atoms with E-state index in [4.69, 9.17) is 0 Å². The molecule has 0 radical (unpaired) electrons. The third-order valence-corrected chi connectivity index (χ3v) is 3.85. The Morgan fingerprint density at radius 3 is 2.89 bits per heavy atom. The van der Waals surface area contributed by atoms with Crippen molar-refractivity contribution >= 4 is 0 Å². The van der Waals surface area contributed by atoms with Crippen molar-refractivity contribution in [3.8, 4) is 0 Å². The summed E-state index contributed by atoms with van der Waals surface area (Å²) in [5.41, 5.74) is 0. The van der Waals surface area contributed by atoms with Crippen molar-refractivity contribution in [3.63, 3.8) is 0 Å². The number of rotatable bonds is 4. The normalized spacial score (nSPS) is 22.3. The second kappa shape index (κ2) is 6.29. The van der Waals surface area contributed by atoms with E-state index in [0.717, 1.165) is 12.4 Å². The number of aryl methyl sites for hydroxylation is 1. The van der Waals surface area contributed by atoms with Gasteiger partial charge in [-0.15, -0.1) is 10.2 Å². The van der Waals surface area contributed by atoms with E-state index in [1.807, 2.05) is 11.6 Å². The molecule has 1 aromatic heterocycles. The Bertz CT molecular complexity index is 360. The van der Waals surface area contributed by atoms with Gasteiger partial charge in [0, 0.05) is 19.1 Å². The summed E-state index contributed by atoms with van der Waals surface area (Å²) in [4.78, 5) is 2.57. The first-order valence-electron chi connectivity index (χ1n) is 6.97. The lowest BCUT2D eigenvalue weighted by atomic mass is 10.1. The van der Waals surface area contributed by atoms with E-state index in [9.17, 15) is 0 Å². The van der Waals surface area contributed by atoms with Crippen molar-refractivity contribution in [2.75, 3.05) is 13.1 Å². The van der Waals surface area contributed by atoms with Crippen LogP contribution in [0.15, 0.2) is 6.33 Å². The predicted molar refractivity (Wildman–Crippen MR) is 72.2 cm³/mol. The van der Waals surface area contributed by atoms with E-state index >= 15 is 0 Å². The molecule has 0 amide bonds. The molecule has 5 nitrogen and oxygen atoms in total. The maximum Gasteiger partial charge on any atom is 0.146 e. The zero-order valence-corrected chi connectivity index (χ0v) is 11.8. The number of nitrogens with zero attached hydrogens (tertiary/aromatic N) is 4. The van der Waals surface area contributed by atoms with E-state index in [1.54, 1.807) is 6.33 Å². The SMILES string of the molecule is CC(C)N1CCCC(NCc2nncn2C)CC1. The highest BCUT2D eigenvalue weighted by molar-refractivity contribution is 4.85. The van der Waals surface area contributed by atoms with Crippen molar-refractivity contribution in [2.45, 2.75) is 51.7 Å². The first-order chi connectivity index (χ1) is 8.66. The van der Waals surface area contributed by atoms with Crippen LogP contribution in [0.3, 0.4) is 0 Å². The predicted octanol–water partition coefficient (Wildman–Crippen LogP) is 1.17. The molecule has 2 rings (SSSR count). The molecule has 1 atom stereocenters. The Kier molecular flexibility index (Phi) is 4.72. The molecule has 102 valence electrons. The van der Waals surface area contributed by atoms with Crippen LogP contribution >= 0.6 is 0 Å². The molecule has 0 aliphatic carbocycles. The topological polar surface area (TPSA) is 46.0 Å². The average molecular weight is 251 g/mol. The third-order valence-electron chi connectivity index (χ3n) is 3.85. The first kappa shape index (κ1) is 13.5. The Morgan fingerprint density at radius 2 is 2.22 bits per heavy atom. The van der Waals surface area contributed by atoms with Crippen LogP contribution in [-0.2, 0) is 13.6 Å². The second-order valence-corrected chi connectivity index (χ2v) is 5.50. The van der Waals surface area contributed by atoms with Crippen molar-refractivity contribution < 1.29 is 0 Å². The zero-order chi connectivity index (χ0) is 13.0. The number of aromatic nitrogens is 3. The van der Waals surface area contributed by atoms with Gasteiger partial charge >= 0.3 is 0 Å². The van der Waals surface area contributed by atoms with Crippen molar-refractivity contribution in [3.05, 3.63) is 12.2 Å². The minimum absolute atomic E-state index is 0.616. The molecular formula is C13H25N5. The zero-order valence-electron chi connectivity index (χ0n) is 11.8. The summed E-state index contributed by atoms with van der Waals surface area (Å²) in [7, 11) is 1.99. The average Bonchev–Trinajstić information content (AvgIpc) is 2.62. The lowest BCUT2D eigenvalue weighted by molar-refractivity contribution is 0.229. The molecule has 0 bridgehead atoms. The molecule has 1 aliphatic rings. The Hall–Kier alpha value is -0.940. The van der Waals surface area contributed by atoms with Gasteiger partial charge in [-0.05, 0) is 46.2 Å². The van der Waals surface area contributed by atoms with Crippen molar-refractivity contribution in [1.29, 1.82) is 0 Å². The summed E-state index contributed by atoms with van der Waals surface area (Å²) < 4.78 is 1.98. The van der Waals surface area contributed by atoms with Crippen LogP contribution in [0, 0.1) is 0 Å². The molecule has 1 N–H and O–H groups in total. The highest BCUT2D eigenvalue weighted by Gasteiger charge is 2.18. The Balaban J connectivity index is 1.79. The van der Waals surface area contributed by atoms with Gasteiger partial charge in [-0.2, -0.15) is 0 Å². The minimum atomic E-state index is 0.616. The van der Waals surface area contributed by atoms with Gasteiger partial charge in [0.05, 0.1) is 6.54 Å². The van der Waals surface area contributed by atoms with E-state index in [-0.39, 0.29) is 0 Å². The quantitative estimate of drug-likeness (QED) is 0.872. The van der Waals surface area contributed by atoms with Crippen LogP contribution in [0.25, 0.3) is 0 Å². The largest absolute Gasteiger partial charge is 0.320 e. The van der Waals surface area contributed by atoms with Crippen molar-refractivity contribution in [1.82, 2.24) is 25.0 Å². The molecule has 1 unspecified atom stereocenters. The fraction of sp³-hybridized carbons (Fsp3) is 0.846. The van der Waals surface area contributed by atoms with Gasteiger partial charge in [-0.25, -0.2) is 0 Å². The number of hydrogen-bond acceptors (Lipinski definition) is 4. The van der Waals surface area contributed by atoms with Gasteiger partial charge in [0.1, 0.15) is 12.2 Å². The third kappa shape index (κ3) is 3.53. The van der Waals surface area contributed by atoms with Crippen LogP contribution in [0.5, 0.6) is 0 Å². The maximum absolute atomic E-state index is 4.11. The van der Waals surface area contributed by atoms with Gasteiger partial charge in [-0.1, -0.05) is 0 Å². The number of hydrogen-bond donors (Lipinski definition) is 1. The van der Waals surface area contributed by atoms with Gasteiger partial charge in [0.25, 0.3) is 0 Å². The van der Waals surface area contributed by atoms with E-state index < -0.39 is 0 Å². The molecule has 1 fully saturated rings. The molecule has 1 aliphatic heterocycles. The van der Waals surface area contributed by atoms with Crippen LogP contribution < -0.4 is 5.32 Å². The van der Waals surface area contributed by atoms with Crippen molar-refractivity contribution in [2.24, 2.45) is 7.05 Å². The van der Waals surface area contributed by atoms with Gasteiger partial charge in [0.15, 0.2) is 0 Å². The van der Waals surface area contributed by atoms with Gasteiger partial charge in [0.2, 0.25) is 0 Å². The number of nitrogens with one attached hydrogen (secondary N) is 1. The smallest absolute Gasteiger partial charge is 0.146 e. The van der Waals surface area contributed by atoms with Crippen LogP contribution in [0.4, 0.5) is 0 Å². The van der Waals surface area contributed by atoms with Crippen LogP contribution in [0.1, 0.15) is 38.9 Å². The molecule has 0 spiro atoms. The summed E-state index contributed by atoms with van der Waals surface area (Å²) >= 11 is 0. The summed E-state index contributed by atoms with van der Waals surface area (Å²) in [6.45, 7) is 7.83. The number of likely N-dealkylation sites (tertiary alicyclic amines) is 1. The van der Waals surface area contributed by atoms with Gasteiger partial charge < -0.3 is 14.8 Å². The van der Waals surface area contributed by atoms with Crippen LogP contribution in [-0.4, -0.2) is 44.8 Å². The highest BCUT2D eigenvalue weighted by atomic mass is 15.3. The standard InChI is InChI=1S/C13H25N5/c1-11(2)18-7-4-5-12(6-8-18)14-9-13-16-15-10-17(13)3/h10-12,14H,4-9H2,1-3H3. The summed E-state index contributed by atoms with van der Waals surface area (Å²) in [5, 5.41) is 11.6. The summed E-state index contributed by atoms with van der Waals surface area (Å²) in [6, 6.07) is 1.29. The Morgan fingerprint density at radius 1 is 1.39 bits per heavy atom. The van der Waals surface area contributed by atoms with E-state index in [0.29, 0.717) is 12.1 Å². The Labute approximate surface area is 110 Å². The molecule has 0 aromatic carbocycles. The molecular weight excluding hydrogens is 226 g/mol. The molecule has 2 heterocycles. The molecule has 5 heteroatoms. The summed E-state index contributed by atoms with van der Waals surface area (Å²) in [5.74, 6) is 1.01. The summed E-state index contributed by atoms with van der Waals surface area (Å²) in [6.07, 6.45) is 5.54. The lowest BCUT2D eigenvalue weighted by Gasteiger charge is -2.24. The monoisotopic (exact) mass is 251 g/mol.